The summed E-state index contributed by atoms with van der Waals surface area (Å²) >= 11 is 1.62. The van der Waals surface area contributed by atoms with Crippen LogP contribution in [0.15, 0.2) is 78.0 Å². The number of carbonyl (C=O) groups is 1. The van der Waals surface area contributed by atoms with Gasteiger partial charge in [-0.2, -0.15) is 4.99 Å². The number of aromatic nitrogens is 3. The first-order valence-corrected chi connectivity index (χ1v) is 16.9. The Labute approximate surface area is 283 Å². The fourth-order valence-electron chi connectivity index (χ4n) is 5.63. The zero-order chi connectivity index (χ0) is 34.6. The Morgan fingerprint density at radius 2 is 1.79 bits per heavy atom. The van der Waals surface area contributed by atoms with Crippen LogP contribution in [0.2, 0.25) is 0 Å². The molecule has 5 rings (SSSR count). The maximum absolute atomic E-state index is 13.2. The minimum absolute atomic E-state index is 0.230. The molecule has 0 saturated carbocycles. The highest BCUT2D eigenvalue weighted by molar-refractivity contribution is 8.14. The van der Waals surface area contributed by atoms with Crippen molar-refractivity contribution in [2.75, 3.05) is 17.2 Å². The number of aliphatic imine (C=N–C) groups is 1. The van der Waals surface area contributed by atoms with Crippen molar-refractivity contribution in [2.45, 2.75) is 72.7 Å². The number of hydrogen-bond donors (Lipinski definition) is 1. The normalized spacial score (nSPS) is 16.4. The van der Waals surface area contributed by atoms with E-state index in [0.29, 0.717) is 24.0 Å². The van der Waals surface area contributed by atoms with Crippen molar-refractivity contribution >= 4 is 28.6 Å². The molecule has 3 aromatic carbocycles. The van der Waals surface area contributed by atoms with Crippen LogP contribution >= 0.6 is 11.8 Å². The molecular weight excluding hydrogens is 637 g/mol. The number of thioether (sulfide) groups is 1. The standard InChI is InChI=1S/C36H41F3N6O2S/c1-23(2)30-16-7-24(3)19-31(30)45-25(4)17-18-48-34(45)42-33(46)40-21-35(5,6)20-26-8-10-27(11-9-26)32-41-22-44(43-32)28-12-14-29(15-13-28)47-36(37,38)39/h7-16,19,22-23,25H,17-18,20-21H2,1-6H3,(H,40,46)/b42-34-. The van der Waals surface area contributed by atoms with E-state index in [9.17, 15) is 18.0 Å². The zero-order valence-electron chi connectivity index (χ0n) is 28.0. The molecule has 2 heterocycles. The second kappa shape index (κ2) is 14.4. The maximum Gasteiger partial charge on any atom is 0.573 e. The monoisotopic (exact) mass is 678 g/mol. The number of urea groups is 1. The molecule has 0 radical (unpaired) electrons. The molecule has 1 aromatic heterocycles. The number of ether oxygens (including phenoxy) is 1. The van der Waals surface area contributed by atoms with E-state index < -0.39 is 6.36 Å². The molecule has 4 aromatic rings. The van der Waals surface area contributed by atoms with Gasteiger partial charge in [-0.25, -0.2) is 14.5 Å². The van der Waals surface area contributed by atoms with Crippen molar-refractivity contribution in [3.8, 4) is 22.8 Å². The first-order valence-electron chi connectivity index (χ1n) is 15.9. The molecule has 1 N–H and O–H groups in total. The number of benzene rings is 3. The number of amidine groups is 1. The van der Waals surface area contributed by atoms with E-state index in [1.54, 1.807) is 11.8 Å². The first-order chi connectivity index (χ1) is 22.7. The molecule has 1 atom stereocenters. The Bertz CT molecular complexity index is 1750. The second-order valence-electron chi connectivity index (χ2n) is 13.2. The number of alkyl halides is 3. The lowest BCUT2D eigenvalue weighted by atomic mass is 9.85. The van der Waals surface area contributed by atoms with Gasteiger partial charge in [0.15, 0.2) is 11.0 Å². The topological polar surface area (TPSA) is 84.6 Å². The van der Waals surface area contributed by atoms with E-state index in [1.165, 1.54) is 46.4 Å². The average molecular weight is 679 g/mol. The van der Waals surface area contributed by atoms with Gasteiger partial charge in [0.05, 0.1) is 5.69 Å². The van der Waals surface area contributed by atoms with Crippen LogP contribution < -0.4 is 15.0 Å². The summed E-state index contributed by atoms with van der Waals surface area (Å²) in [7, 11) is 0. The van der Waals surface area contributed by atoms with Gasteiger partial charge in [0.2, 0.25) is 0 Å². The Morgan fingerprint density at radius 1 is 1.08 bits per heavy atom. The van der Waals surface area contributed by atoms with Crippen LogP contribution in [0, 0.1) is 12.3 Å². The summed E-state index contributed by atoms with van der Waals surface area (Å²) < 4.78 is 42.8. The minimum atomic E-state index is -4.75. The minimum Gasteiger partial charge on any atom is -0.406 e. The third kappa shape index (κ3) is 8.97. The van der Waals surface area contributed by atoms with E-state index in [4.69, 9.17) is 0 Å². The molecule has 0 bridgehead atoms. The molecule has 1 aliphatic heterocycles. The number of halogens is 3. The second-order valence-corrected chi connectivity index (χ2v) is 14.3. The lowest BCUT2D eigenvalue weighted by Gasteiger charge is -2.37. The molecule has 0 aliphatic carbocycles. The first kappa shape index (κ1) is 35.0. The maximum atomic E-state index is 13.2. The Kier molecular flexibility index (Phi) is 10.5. The van der Waals surface area contributed by atoms with Crippen LogP contribution in [-0.2, 0) is 6.42 Å². The van der Waals surface area contributed by atoms with E-state index >= 15 is 0 Å². The van der Waals surface area contributed by atoms with Gasteiger partial charge in [-0.3, -0.25) is 0 Å². The summed E-state index contributed by atoms with van der Waals surface area (Å²) in [6, 6.07) is 19.7. The van der Waals surface area contributed by atoms with Gasteiger partial charge < -0.3 is 15.0 Å². The smallest absolute Gasteiger partial charge is 0.406 e. The SMILES string of the molecule is Cc1ccc(C(C)C)c(N2/C(=N/C(=O)NCC(C)(C)Cc3ccc(-c4ncn(-c5ccc(OC(F)(F)F)cc5)n4)cc3)SCCC2C)c1. The van der Waals surface area contributed by atoms with Crippen LogP contribution in [0.5, 0.6) is 5.75 Å². The highest BCUT2D eigenvalue weighted by Gasteiger charge is 2.31. The van der Waals surface area contributed by atoms with Gasteiger partial charge in [-0.05, 0) is 85.0 Å². The predicted octanol–water partition coefficient (Wildman–Crippen LogP) is 8.93. The van der Waals surface area contributed by atoms with Crippen molar-refractivity contribution in [1.29, 1.82) is 0 Å². The molecular formula is C36H41F3N6O2S. The van der Waals surface area contributed by atoms with Crippen LogP contribution in [0.4, 0.5) is 23.7 Å². The molecule has 1 saturated heterocycles. The van der Waals surface area contributed by atoms with Gasteiger partial charge in [0.1, 0.15) is 12.1 Å². The van der Waals surface area contributed by atoms with E-state index in [2.05, 4.69) is 89.8 Å². The van der Waals surface area contributed by atoms with Crippen LogP contribution in [0.25, 0.3) is 17.1 Å². The molecule has 8 nitrogen and oxygen atoms in total. The number of nitrogens with one attached hydrogen (secondary N) is 1. The van der Waals surface area contributed by atoms with Gasteiger partial charge in [0, 0.05) is 29.6 Å². The van der Waals surface area contributed by atoms with Crippen LogP contribution in [-0.4, -0.2) is 50.7 Å². The molecule has 1 unspecified atom stereocenters. The highest BCUT2D eigenvalue weighted by Crippen LogP contribution is 2.35. The van der Waals surface area contributed by atoms with E-state index in [1.807, 2.05) is 24.3 Å². The predicted molar refractivity (Wildman–Crippen MR) is 186 cm³/mol. The summed E-state index contributed by atoms with van der Waals surface area (Å²) in [4.78, 5) is 24.3. The number of carbonyl (C=O) groups excluding carboxylic acids is 1. The molecule has 1 fully saturated rings. The number of nitrogens with zero attached hydrogens (tertiary/aromatic N) is 5. The quantitative estimate of drug-likeness (QED) is 0.190. The third-order valence-electron chi connectivity index (χ3n) is 8.12. The fourth-order valence-corrected chi connectivity index (χ4v) is 6.84. The van der Waals surface area contributed by atoms with E-state index in [-0.39, 0.29) is 23.2 Å². The van der Waals surface area contributed by atoms with Gasteiger partial charge in [0.25, 0.3) is 0 Å². The van der Waals surface area contributed by atoms with Crippen LogP contribution in [0.1, 0.15) is 63.6 Å². The van der Waals surface area contributed by atoms with Crippen molar-refractivity contribution in [3.05, 3.63) is 89.7 Å². The third-order valence-corrected chi connectivity index (χ3v) is 9.10. The zero-order valence-corrected chi connectivity index (χ0v) is 28.8. The summed E-state index contributed by atoms with van der Waals surface area (Å²) in [5.41, 5.74) is 5.74. The number of amides is 2. The highest BCUT2D eigenvalue weighted by atomic mass is 32.2. The Balaban J connectivity index is 1.20. The van der Waals surface area contributed by atoms with Gasteiger partial charge in [-0.1, -0.05) is 75.9 Å². The molecule has 254 valence electrons. The lowest BCUT2D eigenvalue weighted by molar-refractivity contribution is -0.274. The van der Waals surface area contributed by atoms with Crippen LogP contribution in [0.3, 0.4) is 0 Å². The van der Waals surface area contributed by atoms with Crippen molar-refractivity contribution in [2.24, 2.45) is 10.4 Å². The molecule has 12 heteroatoms. The molecule has 48 heavy (non-hydrogen) atoms. The summed E-state index contributed by atoms with van der Waals surface area (Å²) in [6.45, 7) is 13.3. The van der Waals surface area contributed by atoms with E-state index in [0.717, 1.165) is 40.6 Å². The van der Waals surface area contributed by atoms with Crippen molar-refractivity contribution in [3.63, 3.8) is 0 Å². The molecule has 2 amide bonds. The number of hydrogen-bond acceptors (Lipinski definition) is 5. The largest absolute Gasteiger partial charge is 0.573 e. The lowest BCUT2D eigenvalue weighted by Crippen LogP contribution is -2.43. The average Bonchev–Trinajstić information content (AvgIpc) is 3.50. The van der Waals surface area contributed by atoms with Gasteiger partial charge >= 0.3 is 12.4 Å². The molecule has 1 aliphatic rings. The van der Waals surface area contributed by atoms with Gasteiger partial charge in [-0.15, -0.1) is 18.3 Å². The number of aryl methyl sites for hydroxylation is 1. The molecule has 0 spiro atoms. The van der Waals surface area contributed by atoms with Crippen molar-refractivity contribution in [1.82, 2.24) is 20.1 Å². The summed E-state index contributed by atoms with van der Waals surface area (Å²) in [5.74, 6) is 1.44. The Morgan fingerprint density at radius 3 is 2.46 bits per heavy atom. The fraction of sp³-hybridized carbons (Fsp3) is 0.389. The number of anilines is 1. The number of rotatable bonds is 9. The van der Waals surface area contributed by atoms with Crippen molar-refractivity contribution < 1.29 is 22.7 Å². The Hall–Kier alpha value is -4.32. The summed E-state index contributed by atoms with van der Waals surface area (Å²) in [5, 5.41) is 8.26. The summed E-state index contributed by atoms with van der Waals surface area (Å²) in [6.07, 6.45) is -1.51.